The zero-order chi connectivity index (χ0) is 23.6. The second-order valence-corrected chi connectivity index (χ2v) is 7.07. The summed E-state index contributed by atoms with van der Waals surface area (Å²) < 4.78 is 0. The molecule has 0 bridgehead atoms. The van der Waals surface area contributed by atoms with Crippen molar-refractivity contribution in [1.29, 1.82) is 0 Å². The summed E-state index contributed by atoms with van der Waals surface area (Å²) in [5.41, 5.74) is 10.5. The highest BCUT2D eigenvalue weighted by Gasteiger charge is 2.31. The highest BCUT2D eigenvalue weighted by atomic mass is 16.4. The SMILES string of the molecule is CC(NC(=O)C(NC(=O)C(CCC(N)=O)NC(=O)C(N)CC(=O)O)C(C)C)C(=O)O. The highest BCUT2D eigenvalue weighted by Crippen LogP contribution is 2.06. The lowest BCUT2D eigenvalue weighted by atomic mass is 10.0. The summed E-state index contributed by atoms with van der Waals surface area (Å²) in [6, 6.07) is -5.10. The summed E-state index contributed by atoms with van der Waals surface area (Å²) in [4.78, 5) is 69.7. The van der Waals surface area contributed by atoms with Crippen molar-refractivity contribution in [3.05, 3.63) is 0 Å². The summed E-state index contributed by atoms with van der Waals surface area (Å²) in [7, 11) is 0. The number of amides is 4. The minimum absolute atomic E-state index is 0.218. The Hall–Kier alpha value is -3.22. The van der Waals surface area contributed by atoms with Gasteiger partial charge in [0, 0.05) is 6.42 Å². The van der Waals surface area contributed by atoms with Crippen molar-refractivity contribution in [2.75, 3.05) is 0 Å². The second kappa shape index (κ2) is 12.4. The number of rotatable bonds is 13. The van der Waals surface area contributed by atoms with Crippen LogP contribution in [0.25, 0.3) is 0 Å². The van der Waals surface area contributed by atoms with Crippen LogP contribution in [0.1, 0.15) is 40.0 Å². The van der Waals surface area contributed by atoms with Gasteiger partial charge in [0.2, 0.25) is 23.6 Å². The van der Waals surface area contributed by atoms with E-state index < -0.39 is 72.1 Å². The van der Waals surface area contributed by atoms with Crippen LogP contribution in [0.2, 0.25) is 0 Å². The molecule has 30 heavy (non-hydrogen) atoms. The predicted octanol–water partition coefficient (Wildman–Crippen LogP) is -2.73. The molecular weight excluding hydrogens is 402 g/mol. The van der Waals surface area contributed by atoms with Crippen LogP contribution in [0, 0.1) is 5.92 Å². The standard InChI is InChI=1S/C17H29N5O8/c1-7(2)13(16(28)20-8(3)17(29)30)22-15(27)10(4-5-11(19)23)21-14(26)9(18)6-12(24)25/h7-10,13H,4-6,18H2,1-3H3,(H2,19,23)(H,20,28)(H,21,26)(H,22,27)(H,24,25)(H,29,30). The van der Waals surface area contributed by atoms with Crippen molar-refractivity contribution in [1.82, 2.24) is 16.0 Å². The van der Waals surface area contributed by atoms with E-state index in [1.54, 1.807) is 13.8 Å². The van der Waals surface area contributed by atoms with Crippen LogP contribution in [0.15, 0.2) is 0 Å². The first-order valence-corrected chi connectivity index (χ1v) is 9.15. The number of nitrogens with two attached hydrogens (primary N) is 2. The van der Waals surface area contributed by atoms with Crippen LogP contribution in [0.3, 0.4) is 0 Å². The Morgan fingerprint density at radius 2 is 1.43 bits per heavy atom. The van der Waals surface area contributed by atoms with Crippen LogP contribution in [-0.4, -0.2) is 69.9 Å². The molecule has 4 unspecified atom stereocenters. The number of carbonyl (C=O) groups is 6. The minimum atomic E-state index is -1.44. The van der Waals surface area contributed by atoms with Gasteiger partial charge in [0.1, 0.15) is 18.1 Å². The smallest absolute Gasteiger partial charge is 0.325 e. The molecule has 0 saturated carbocycles. The van der Waals surface area contributed by atoms with E-state index >= 15 is 0 Å². The fourth-order valence-electron chi connectivity index (χ4n) is 2.27. The van der Waals surface area contributed by atoms with Crippen molar-refractivity contribution in [2.24, 2.45) is 17.4 Å². The van der Waals surface area contributed by atoms with E-state index in [0.29, 0.717) is 0 Å². The maximum absolute atomic E-state index is 12.6. The fraction of sp³-hybridized carbons (Fsp3) is 0.647. The zero-order valence-corrected chi connectivity index (χ0v) is 17.0. The van der Waals surface area contributed by atoms with Crippen LogP contribution < -0.4 is 27.4 Å². The van der Waals surface area contributed by atoms with E-state index in [0.717, 1.165) is 0 Å². The number of hydrogen-bond donors (Lipinski definition) is 7. The molecule has 0 aromatic carbocycles. The van der Waals surface area contributed by atoms with E-state index in [2.05, 4.69) is 16.0 Å². The van der Waals surface area contributed by atoms with Crippen LogP contribution in [-0.2, 0) is 28.8 Å². The lowest BCUT2D eigenvalue weighted by Crippen LogP contribution is -2.58. The Kier molecular flexibility index (Phi) is 11.0. The van der Waals surface area contributed by atoms with Crippen molar-refractivity contribution < 1.29 is 39.0 Å². The van der Waals surface area contributed by atoms with Crippen molar-refractivity contribution in [2.45, 2.75) is 64.2 Å². The number of hydrogen-bond acceptors (Lipinski definition) is 7. The van der Waals surface area contributed by atoms with Crippen LogP contribution in [0.5, 0.6) is 0 Å². The van der Waals surface area contributed by atoms with E-state index in [-0.39, 0.29) is 12.8 Å². The number of carbonyl (C=O) groups excluding carboxylic acids is 4. The number of carboxylic acid groups (broad SMARTS) is 2. The van der Waals surface area contributed by atoms with E-state index in [4.69, 9.17) is 21.7 Å². The van der Waals surface area contributed by atoms with Crippen LogP contribution in [0.4, 0.5) is 0 Å². The van der Waals surface area contributed by atoms with E-state index in [1.165, 1.54) is 6.92 Å². The summed E-state index contributed by atoms with van der Waals surface area (Å²) in [6.07, 6.45) is -1.17. The van der Waals surface area contributed by atoms with E-state index in [9.17, 15) is 28.8 Å². The van der Waals surface area contributed by atoms with Gasteiger partial charge < -0.3 is 37.6 Å². The Morgan fingerprint density at radius 3 is 1.87 bits per heavy atom. The fourth-order valence-corrected chi connectivity index (χ4v) is 2.27. The Balaban J connectivity index is 5.36. The third kappa shape index (κ3) is 9.82. The molecule has 0 aliphatic rings. The molecule has 0 saturated heterocycles. The minimum Gasteiger partial charge on any atom is -0.481 e. The Morgan fingerprint density at radius 1 is 0.867 bits per heavy atom. The third-order valence-corrected chi connectivity index (χ3v) is 4.02. The summed E-state index contributed by atoms with van der Waals surface area (Å²) in [6.45, 7) is 4.46. The quantitative estimate of drug-likeness (QED) is 0.160. The molecule has 170 valence electrons. The summed E-state index contributed by atoms with van der Waals surface area (Å²) in [5.74, 6) is -6.31. The third-order valence-electron chi connectivity index (χ3n) is 4.02. The molecule has 0 heterocycles. The molecule has 0 aromatic rings. The van der Waals surface area contributed by atoms with Gasteiger partial charge in [-0.15, -0.1) is 0 Å². The van der Waals surface area contributed by atoms with Gasteiger partial charge in [0.15, 0.2) is 0 Å². The molecule has 4 atom stereocenters. The first-order chi connectivity index (χ1) is 13.8. The molecule has 0 aromatic heterocycles. The molecule has 0 radical (unpaired) electrons. The Bertz CT molecular complexity index is 681. The van der Waals surface area contributed by atoms with Gasteiger partial charge >= 0.3 is 11.9 Å². The molecule has 0 aliphatic carbocycles. The van der Waals surface area contributed by atoms with Crippen molar-refractivity contribution in [3.8, 4) is 0 Å². The number of aliphatic carboxylic acids is 2. The van der Waals surface area contributed by atoms with Gasteiger partial charge in [-0.1, -0.05) is 13.8 Å². The van der Waals surface area contributed by atoms with Crippen molar-refractivity contribution >= 4 is 35.6 Å². The van der Waals surface area contributed by atoms with Gasteiger partial charge in [-0.05, 0) is 19.3 Å². The lowest BCUT2D eigenvalue weighted by molar-refractivity contribution is -0.142. The van der Waals surface area contributed by atoms with Gasteiger partial charge in [-0.3, -0.25) is 28.8 Å². The molecule has 0 fully saturated rings. The molecule has 0 spiro atoms. The average molecular weight is 431 g/mol. The summed E-state index contributed by atoms with van der Waals surface area (Å²) in [5, 5.41) is 24.5. The van der Waals surface area contributed by atoms with Crippen LogP contribution >= 0.6 is 0 Å². The molecule has 4 amide bonds. The monoisotopic (exact) mass is 431 g/mol. The molecule has 13 nitrogen and oxygen atoms in total. The van der Waals surface area contributed by atoms with Gasteiger partial charge in [0.05, 0.1) is 12.5 Å². The van der Waals surface area contributed by atoms with Gasteiger partial charge in [-0.25, -0.2) is 0 Å². The first kappa shape index (κ1) is 26.8. The number of carboxylic acids is 2. The summed E-state index contributed by atoms with van der Waals surface area (Å²) >= 11 is 0. The normalized spacial score (nSPS) is 14.7. The highest BCUT2D eigenvalue weighted by molar-refractivity contribution is 5.95. The molecule has 0 aliphatic heterocycles. The van der Waals surface area contributed by atoms with Gasteiger partial charge in [-0.2, -0.15) is 0 Å². The molecule has 13 heteroatoms. The average Bonchev–Trinajstić information content (AvgIpc) is 2.61. The topological polar surface area (TPSA) is 231 Å². The maximum atomic E-state index is 12.6. The number of primary amides is 1. The van der Waals surface area contributed by atoms with Gasteiger partial charge in [0.25, 0.3) is 0 Å². The lowest BCUT2D eigenvalue weighted by Gasteiger charge is -2.26. The van der Waals surface area contributed by atoms with Crippen molar-refractivity contribution in [3.63, 3.8) is 0 Å². The Labute approximate surface area is 172 Å². The van der Waals surface area contributed by atoms with E-state index in [1.807, 2.05) is 0 Å². The first-order valence-electron chi connectivity index (χ1n) is 9.15. The largest absolute Gasteiger partial charge is 0.481 e. The second-order valence-electron chi connectivity index (χ2n) is 7.07. The molecule has 9 N–H and O–H groups in total. The molecule has 0 rings (SSSR count). The zero-order valence-electron chi connectivity index (χ0n) is 17.0. The molecular formula is C17H29N5O8. The number of nitrogens with one attached hydrogen (secondary N) is 3. The predicted molar refractivity (Wildman–Crippen MR) is 103 cm³/mol. The maximum Gasteiger partial charge on any atom is 0.325 e.